The number of hydrogen-bond donors (Lipinski definition) is 2. The van der Waals surface area contributed by atoms with Crippen LogP contribution >= 0.6 is 23.2 Å². The van der Waals surface area contributed by atoms with Gasteiger partial charge in [0.25, 0.3) is 0 Å². The third-order valence-corrected chi connectivity index (χ3v) is 6.93. The fourth-order valence-corrected chi connectivity index (χ4v) is 5.51. The van der Waals surface area contributed by atoms with Gasteiger partial charge in [-0.3, -0.25) is 14.5 Å². The van der Waals surface area contributed by atoms with E-state index in [1.54, 1.807) is 18.2 Å². The van der Waals surface area contributed by atoms with Gasteiger partial charge >= 0.3 is 5.97 Å². The van der Waals surface area contributed by atoms with Crippen LogP contribution in [0.25, 0.3) is 0 Å². The van der Waals surface area contributed by atoms with Gasteiger partial charge in [-0.15, -0.1) is 0 Å². The summed E-state index contributed by atoms with van der Waals surface area (Å²) in [6.45, 7) is -0.208. The van der Waals surface area contributed by atoms with Crippen LogP contribution < -0.4 is 5.32 Å². The summed E-state index contributed by atoms with van der Waals surface area (Å²) in [6.07, 6.45) is 6.42. The van der Waals surface area contributed by atoms with E-state index in [1.807, 2.05) is 29.2 Å². The minimum Gasteiger partial charge on any atom is -0.480 e. The van der Waals surface area contributed by atoms with Crippen molar-refractivity contribution in [1.82, 2.24) is 4.90 Å². The first-order valence-electron chi connectivity index (χ1n) is 10.7. The third-order valence-electron chi connectivity index (χ3n) is 6.46. The number of nitrogens with zero attached hydrogens (tertiary/aromatic N) is 1. The Morgan fingerprint density at radius 2 is 1.77 bits per heavy atom. The van der Waals surface area contributed by atoms with E-state index in [-0.39, 0.29) is 18.5 Å². The summed E-state index contributed by atoms with van der Waals surface area (Å²) in [5.41, 5.74) is 1.16. The van der Waals surface area contributed by atoms with Crippen LogP contribution in [0.4, 0.5) is 5.69 Å². The zero-order valence-electron chi connectivity index (χ0n) is 17.2. The van der Waals surface area contributed by atoms with E-state index in [4.69, 9.17) is 23.2 Å². The van der Waals surface area contributed by atoms with Crippen molar-refractivity contribution in [2.24, 2.45) is 0 Å². The second-order valence-electron chi connectivity index (χ2n) is 8.48. The summed E-state index contributed by atoms with van der Waals surface area (Å²) in [5, 5.41) is 13.9. The molecule has 0 radical (unpaired) electrons. The van der Waals surface area contributed by atoms with Gasteiger partial charge in [0.15, 0.2) is 0 Å². The second-order valence-corrected chi connectivity index (χ2v) is 9.35. The smallest absolute Gasteiger partial charge is 0.317 e. The van der Waals surface area contributed by atoms with Gasteiger partial charge in [-0.25, -0.2) is 0 Å². The van der Waals surface area contributed by atoms with Crippen molar-refractivity contribution in [1.29, 1.82) is 0 Å². The minimum absolute atomic E-state index is 0.00478. The predicted molar refractivity (Wildman–Crippen MR) is 123 cm³/mol. The van der Waals surface area contributed by atoms with Crippen LogP contribution in [0.2, 0.25) is 10.0 Å². The van der Waals surface area contributed by atoms with Gasteiger partial charge in [0, 0.05) is 33.8 Å². The summed E-state index contributed by atoms with van der Waals surface area (Å²) in [6, 6.07) is 12.8. The largest absolute Gasteiger partial charge is 0.480 e. The lowest BCUT2D eigenvalue weighted by atomic mass is 9.81. The van der Waals surface area contributed by atoms with E-state index in [9.17, 15) is 14.7 Å². The molecule has 5 nitrogen and oxygen atoms in total. The Morgan fingerprint density at radius 3 is 2.45 bits per heavy atom. The number of fused-ring (bicyclic) bond motifs is 1. The van der Waals surface area contributed by atoms with Gasteiger partial charge < -0.3 is 10.4 Å². The highest BCUT2D eigenvalue weighted by atomic mass is 35.5. The lowest BCUT2D eigenvalue weighted by Gasteiger charge is -2.44. The minimum atomic E-state index is -1.14. The Morgan fingerprint density at radius 1 is 1.06 bits per heavy atom. The Hall–Kier alpha value is -2.08. The maximum Gasteiger partial charge on any atom is 0.317 e. The first-order valence-corrected chi connectivity index (χ1v) is 11.5. The van der Waals surface area contributed by atoms with Crippen molar-refractivity contribution in [2.45, 2.75) is 56.5 Å². The number of carbonyl (C=O) groups excluding carboxylic acids is 1. The molecule has 0 saturated heterocycles. The molecule has 0 aromatic heterocycles. The zero-order valence-corrected chi connectivity index (χ0v) is 18.8. The number of anilines is 1. The molecular formula is C24H26Cl2N2O3. The maximum absolute atomic E-state index is 13.7. The third kappa shape index (κ3) is 4.45. The molecule has 1 aliphatic carbocycles. The standard InChI is InChI=1S/C24H26Cl2N2O3/c25-17-7-5-6-16(12-17)14-24(20-11-10-18(26)13-21(20)27-23(24)31)28(15-22(29)30)19-8-3-1-2-4-9-19/h5-7,10-13,19H,1-4,8-9,14-15H2,(H,27,31)(H,29,30). The molecule has 1 heterocycles. The van der Waals surface area contributed by atoms with E-state index >= 15 is 0 Å². The van der Waals surface area contributed by atoms with Gasteiger partial charge in [-0.05, 0) is 42.7 Å². The summed E-state index contributed by atoms with van der Waals surface area (Å²) in [5.74, 6) is -1.15. The number of carboxylic acid groups (broad SMARTS) is 1. The molecule has 2 N–H and O–H groups in total. The van der Waals surface area contributed by atoms with Crippen molar-refractivity contribution >= 4 is 40.8 Å². The zero-order chi connectivity index (χ0) is 22.0. The number of halogens is 2. The topological polar surface area (TPSA) is 69.6 Å². The first kappa shape index (κ1) is 22.1. The van der Waals surface area contributed by atoms with Crippen molar-refractivity contribution in [3.63, 3.8) is 0 Å². The van der Waals surface area contributed by atoms with E-state index in [1.165, 1.54) is 0 Å². The molecule has 2 aliphatic rings. The number of amides is 1. The van der Waals surface area contributed by atoms with Gasteiger partial charge in [-0.1, -0.05) is 67.1 Å². The second kappa shape index (κ2) is 9.19. The molecule has 2 aromatic carbocycles. The Balaban J connectivity index is 1.88. The highest BCUT2D eigenvalue weighted by Crippen LogP contribution is 2.46. The summed E-state index contributed by atoms with van der Waals surface area (Å²) >= 11 is 12.4. The molecule has 1 amide bonds. The molecule has 0 bridgehead atoms. The SMILES string of the molecule is O=C(O)CN(C1CCCCCC1)C1(Cc2cccc(Cl)c2)C(=O)Nc2cc(Cl)ccc21. The van der Waals surface area contributed by atoms with Crippen LogP contribution in [0.3, 0.4) is 0 Å². The van der Waals surface area contributed by atoms with E-state index in [0.29, 0.717) is 22.2 Å². The monoisotopic (exact) mass is 460 g/mol. The number of aliphatic carboxylic acids is 1. The molecule has 1 aliphatic heterocycles. The van der Waals surface area contributed by atoms with Crippen molar-refractivity contribution in [3.8, 4) is 0 Å². The lowest BCUT2D eigenvalue weighted by molar-refractivity contribution is -0.144. The summed E-state index contributed by atoms with van der Waals surface area (Å²) in [7, 11) is 0. The maximum atomic E-state index is 13.7. The number of carboxylic acids is 1. The molecule has 164 valence electrons. The van der Waals surface area contributed by atoms with Crippen LogP contribution in [-0.4, -0.2) is 34.5 Å². The number of benzene rings is 2. The lowest BCUT2D eigenvalue weighted by Crippen LogP contribution is -2.58. The van der Waals surface area contributed by atoms with Crippen molar-refractivity contribution < 1.29 is 14.7 Å². The molecule has 1 fully saturated rings. The first-order chi connectivity index (χ1) is 14.9. The fourth-order valence-electron chi connectivity index (χ4n) is 5.12. The molecule has 4 rings (SSSR count). The Labute approximate surface area is 192 Å². The molecule has 2 aromatic rings. The van der Waals surface area contributed by atoms with E-state index < -0.39 is 11.5 Å². The number of carbonyl (C=O) groups is 2. The van der Waals surface area contributed by atoms with Crippen molar-refractivity contribution in [2.75, 3.05) is 11.9 Å². The van der Waals surface area contributed by atoms with Crippen LogP contribution in [0, 0.1) is 0 Å². The normalized spacial score (nSPS) is 21.6. The number of hydrogen-bond acceptors (Lipinski definition) is 3. The van der Waals surface area contributed by atoms with Crippen LogP contribution in [0.15, 0.2) is 42.5 Å². The number of nitrogens with one attached hydrogen (secondary N) is 1. The highest BCUT2D eigenvalue weighted by Gasteiger charge is 2.53. The predicted octanol–water partition coefficient (Wildman–Crippen LogP) is 5.49. The average Bonchev–Trinajstić information content (AvgIpc) is 2.88. The van der Waals surface area contributed by atoms with Crippen molar-refractivity contribution in [3.05, 3.63) is 63.6 Å². The van der Waals surface area contributed by atoms with Crippen LogP contribution in [-0.2, 0) is 21.5 Å². The molecule has 1 atom stereocenters. The van der Waals surface area contributed by atoms with E-state index in [0.717, 1.165) is 49.7 Å². The van der Waals surface area contributed by atoms with Gasteiger partial charge in [-0.2, -0.15) is 0 Å². The quantitative estimate of drug-likeness (QED) is 0.558. The van der Waals surface area contributed by atoms with Gasteiger partial charge in [0.1, 0.15) is 5.54 Å². The molecule has 7 heteroatoms. The van der Waals surface area contributed by atoms with Crippen LogP contribution in [0.1, 0.15) is 49.7 Å². The summed E-state index contributed by atoms with van der Waals surface area (Å²) < 4.78 is 0. The molecule has 1 unspecified atom stereocenters. The van der Waals surface area contributed by atoms with Crippen LogP contribution in [0.5, 0.6) is 0 Å². The molecular weight excluding hydrogens is 435 g/mol. The molecule has 1 saturated carbocycles. The van der Waals surface area contributed by atoms with E-state index in [2.05, 4.69) is 5.32 Å². The Kier molecular flexibility index (Phi) is 6.56. The van der Waals surface area contributed by atoms with Gasteiger partial charge in [0.05, 0.1) is 6.54 Å². The average molecular weight is 461 g/mol. The fraction of sp³-hybridized carbons (Fsp3) is 0.417. The van der Waals surface area contributed by atoms with Gasteiger partial charge in [0.2, 0.25) is 5.91 Å². The molecule has 31 heavy (non-hydrogen) atoms. The molecule has 0 spiro atoms. The highest BCUT2D eigenvalue weighted by molar-refractivity contribution is 6.31. The number of rotatable bonds is 6. The Bertz CT molecular complexity index is 989. The summed E-state index contributed by atoms with van der Waals surface area (Å²) in [4.78, 5) is 27.6.